The molecule has 0 aliphatic heterocycles. The minimum atomic E-state index is -0.528. The molecule has 0 amide bonds. The van der Waals surface area contributed by atoms with Gasteiger partial charge in [-0.05, 0) is 17.7 Å². The fraction of sp³-hybridized carbons (Fsp3) is 0.136. The SMILES string of the molecule is O=[N+]([O-])c1ccc(/C=[N+](\[O-])[C@@H](COCc2ccccc2)c2ccccc2)cc1. The van der Waals surface area contributed by atoms with Crippen LogP contribution >= 0.6 is 0 Å². The maximum absolute atomic E-state index is 12.8. The van der Waals surface area contributed by atoms with E-state index >= 15 is 0 Å². The van der Waals surface area contributed by atoms with Crippen LogP contribution in [0.4, 0.5) is 5.69 Å². The van der Waals surface area contributed by atoms with Gasteiger partial charge in [0.2, 0.25) is 6.04 Å². The number of benzene rings is 3. The van der Waals surface area contributed by atoms with E-state index in [9.17, 15) is 15.3 Å². The first-order valence-electron chi connectivity index (χ1n) is 8.85. The van der Waals surface area contributed by atoms with Crippen LogP contribution in [0.1, 0.15) is 22.7 Å². The van der Waals surface area contributed by atoms with Gasteiger partial charge in [-0.15, -0.1) is 0 Å². The van der Waals surface area contributed by atoms with Gasteiger partial charge in [-0.1, -0.05) is 60.7 Å². The Morgan fingerprint density at radius 1 is 0.857 bits per heavy atom. The summed E-state index contributed by atoms with van der Waals surface area (Å²) in [6.07, 6.45) is 1.42. The fourth-order valence-electron chi connectivity index (χ4n) is 2.77. The average Bonchev–Trinajstić information content (AvgIpc) is 2.73. The molecule has 0 heterocycles. The molecular weight excluding hydrogens is 356 g/mol. The van der Waals surface area contributed by atoms with Crippen molar-refractivity contribution in [3.05, 3.63) is 117 Å². The number of hydroxylamine groups is 1. The van der Waals surface area contributed by atoms with E-state index in [0.29, 0.717) is 12.2 Å². The summed E-state index contributed by atoms with van der Waals surface area (Å²) in [4.78, 5) is 10.3. The van der Waals surface area contributed by atoms with Crippen LogP contribution < -0.4 is 0 Å². The van der Waals surface area contributed by atoms with Gasteiger partial charge < -0.3 is 9.94 Å². The summed E-state index contributed by atoms with van der Waals surface area (Å²) in [6.45, 7) is 0.626. The highest BCUT2D eigenvalue weighted by molar-refractivity contribution is 5.76. The molecular formula is C22H20N2O4. The molecule has 142 valence electrons. The normalized spacial score (nSPS) is 12.5. The minimum absolute atomic E-state index is 0.0135. The number of non-ortho nitro benzene ring substituents is 1. The zero-order chi connectivity index (χ0) is 19.8. The Bertz CT molecular complexity index is 926. The standard InChI is InChI=1S/C22H20N2O4/c25-23(15-18-11-13-21(14-12-18)24(26)27)22(20-9-5-2-6-10-20)17-28-16-19-7-3-1-4-8-19/h1-15,22H,16-17H2/b23-15-/t22-/m0/s1. The van der Waals surface area contributed by atoms with E-state index in [2.05, 4.69) is 0 Å². The summed E-state index contributed by atoms with van der Waals surface area (Å²) in [6, 6.07) is 24.5. The second-order valence-corrected chi connectivity index (χ2v) is 6.26. The van der Waals surface area contributed by atoms with Gasteiger partial charge in [0.1, 0.15) is 6.61 Å². The highest BCUT2D eigenvalue weighted by Gasteiger charge is 2.19. The average molecular weight is 376 g/mol. The van der Waals surface area contributed by atoms with Crippen LogP contribution in [0.5, 0.6) is 0 Å². The smallest absolute Gasteiger partial charge is 0.269 e. The van der Waals surface area contributed by atoms with Crippen molar-refractivity contribution in [1.29, 1.82) is 0 Å². The lowest BCUT2D eigenvalue weighted by Gasteiger charge is -2.18. The van der Waals surface area contributed by atoms with E-state index in [1.165, 1.54) is 18.3 Å². The number of rotatable bonds is 8. The summed E-state index contributed by atoms with van der Waals surface area (Å²) in [7, 11) is 0. The highest BCUT2D eigenvalue weighted by Crippen LogP contribution is 2.18. The summed E-state index contributed by atoms with van der Waals surface area (Å²) in [5.41, 5.74) is 2.44. The van der Waals surface area contributed by atoms with Crippen LogP contribution in [0.2, 0.25) is 0 Å². The molecule has 6 heteroatoms. The Labute approximate surface area is 163 Å². The fourth-order valence-corrected chi connectivity index (χ4v) is 2.77. The van der Waals surface area contributed by atoms with E-state index in [-0.39, 0.29) is 12.3 Å². The molecule has 6 nitrogen and oxygen atoms in total. The van der Waals surface area contributed by atoms with Gasteiger partial charge in [-0.3, -0.25) is 10.1 Å². The zero-order valence-corrected chi connectivity index (χ0v) is 15.2. The summed E-state index contributed by atoms with van der Waals surface area (Å²) >= 11 is 0. The predicted molar refractivity (Wildman–Crippen MR) is 107 cm³/mol. The molecule has 0 aromatic heterocycles. The van der Waals surface area contributed by atoms with Crippen molar-refractivity contribution in [3.63, 3.8) is 0 Å². The first kappa shape index (κ1) is 19.3. The third-order valence-corrected chi connectivity index (χ3v) is 4.26. The van der Waals surface area contributed by atoms with E-state index in [1.54, 1.807) is 12.1 Å². The zero-order valence-electron chi connectivity index (χ0n) is 15.2. The molecule has 0 aliphatic carbocycles. The monoisotopic (exact) mass is 376 g/mol. The molecule has 0 spiro atoms. The van der Waals surface area contributed by atoms with Crippen LogP contribution in [0.3, 0.4) is 0 Å². The molecule has 3 rings (SSSR count). The molecule has 0 N–H and O–H groups in total. The minimum Gasteiger partial charge on any atom is -0.623 e. The Morgan fingerprint density at radius 3 is 2.07 bits per heavy atom. The van der Waals surface area contributed by atoms with Crippen LogP contribution in [0.25, 0.3) is 0 Å². The Kier molecular flexibility index (Phi) is 6.49. The molecule has 28 heavy (non-hydrogen) atoms. The van der Waals surface area contributed by atoms with Crippen LogP contribution in [-0.2, 0) is 11.3 Å². The molecule has 0 radical (unpaired) electrons. The Morgan fingerprint density at radius 2 is 1.46 bits per heavy atom. The molecule has 3 aromatic carbocycles. The van der Waals surface area contributed by atoms with Crippen molar-refractivity contribution in [2.45, 2.75) is 12.6 Å². The molecule has 1 atom stereocenters. The maximum atomic E-state index is 12.8. The second kappa shape index (κ2) is 9.43. The van der Waals surface area contributed by atoms with E-state index in [1.807, 2.05) is 60.7 Å². The number of hydrogen-bond acceptors (Lipinski definition) is 4. The molecule has 0 saturated carbocycles. The van der Waals surface area contributed by atoms with E-state index in [4.69, 9.17) is 4.74 Å². The second-order valence-electron chi connectivity index (χ2n) is 6.26. The topological polar surface area (TPSA) is 78.4 Å². The number of ether oxygens (including phenoxy) is 1. The van der Waals surface area contributed by atoms with Gasteiger partial charge >= 0.3 is 0 Å². The number of hydrogen-bond donors (Lipinski definition) is 0. The largest absolute Gasteiger partial charge is 0.623 e. The third-order valence-electron chi connectivity index (χ3n) is 4.26. The third kappa shape index (κ3) is 5.25. The van der Waals surface area contributed by atoms with Gasteiger partial charge in [0.25, 0.3) is 5.69 Å². The lowest BCUT2D eigenvalue weighted by molar-refractivity contribution is -0.508. The Hall–Kier alpha value is -3.51. The lowest BCUT2D eigenvalue weighted by Crippen LogP contribution is -2.20. The molecule has 0 bridgehead atoms. The van der Waals surface area contributed by atoms with Crippen molar-refractivity contribution in [2.24, 2.45) is 0 Å². The Balaban J connectivity index is 1.76. The van der Waals surface area contributed by atoms with Gasteiger partial charge in [0, 0.05) is 23.3 Å². The number of nitro benzene ring substituents is 1. The maximum Gasteiger partial charge on any atom is 0.269 e. The van der Waals surface area contributed by atoms with Crippen LogP contribution in [0, 0.1) is 15.3 Å². The quantitative estimate of drug-likeness (QED) is 0.191. The molecule has 0 fully saturated rings. The number of nitrogens with zero attached hydrogens (tertiary/aromatic N) is 2. The molecule has 3 aromatic rings. The molecule has 0 aliphatic rings. The van der Waals surface area contributed by atoms with Crippen LogP contribution in [-0.4, -0.2) is 22.5 Å². The van der Waals surface area contributed by atoms with Gasteiger partial charge in [-0.2, -0.15) is 0 Å². The summed E-state index contributed by atoms with van der Waals surface area (Å²) < 4.78 is 6.63. The van der Waals surface area contributed by atoms with Crippen molar-refractivity contribution >= 4 is 11.9 Å². The van der Waals surface area contributed by atoms with Crippen molar-refractivity contribution in [2.75, 3.05) is 6.61 Å². The first-order valence-corrected chi connectivity index (χ1v) is 8.85. The predicted octanol–water partition coefficient (Wildman–Crippen LogP) is 4.48. The van der Waals surface area contributed by atoms with E-state index in [0.717, 1.165) is 15.9 Å². The van der Waals surface area contributed by atoms with E-state index < -0.39 is 11.0 Å². The van der Waals surface area contributed by atoms with Gasteiger partial charge in [0.15, 0.2) is 6.21 Å². The first-order chi connectivity index (χ1) is 13.6. The van der Waals surface area contributed by atoms with Crippen molar-refractivity contribution in [3.8, 4) is 0 Å². The molecule has 0 unspecified atom stereocenters. The molecule has 0 saturated heterocycles. The van der Waals surface area contributed by atoms with Gasteiger partial charge in [-0.25, -0.2) is 4.74 Å². The van der Waals surface area contributed by atoms with Crippen molar-refractivity contribution in [1.82, 2.24) is 0 Å². The highest BCUT2D eigenvalue weighted by atomic mass is 16.6. The number of nitro groups is 1. The summed E-state index contributed by atoms with van der Waals surface area (Å²) in [5, 5.41) is 23.6. The summed E-state index contributed by atoms with van der Waals surface area (Å²) in [5.74, 6) is 0. The van der Waals surface area contributed by atoms with Gasteiger partial charge in [0.05, 0.1) is 11.5 Å². The van der Waals surface area contributed by atoms with Crippen molar-refractivity contribution < 1.29 is 14.4 Å². The lowest BCUT2D eigenvalue weighted by atomic mass is 10.1. The van der Waals surface area contributed by atoms with Crippen LogP contribution in [0.15, 0.2) is 84.9 Å².